The van der Waals surface area contributed by atoms with Crippen LogP contribution in [-0.2, 0) is 0 Å². The lowest BCUT2D eigenvalue weighted by atomic mass is 10.1. The molecule has 4 rings (SSSR count). The minimum absolute atomic E-state index is 1.15. The summed E-state index contributed by atoms with van der Waals surface area (Å²) in [5.74, 6) is 0. The lowest BCUT2D eigenvalue weighted by Gasteiger charge is -2.17. The van der Waals surface area contributed by atoms with E-state index in [1.165, 1.54) is 38.2 Å². The number of aromatic nitrogens is 1. The summed E-state index contributed by atoms with van der Waals surface area (Å²) < 4.78 is 3.54. The molecular weight excluding hydrogens is 386 g/mol. The van der Waals surface area contributed by atoms with Crippen LogP contribution in [0.3, 0.4) is 0 Å². The molecule has 1 nitrogen and oxygen atoms in total. The Balaban J connectivity index is 2.10. The molecule has 1 heterocycles. The van der Waals surface area contributed by atoms with Crippen LogP contribution in [0.4, 0.5) is 0 Å². The Labute approximate surface area is 158 Å². The maximum Gasteiger partial charge on any atom is 0.0776 e. The summed E-state index contributed by atoms with van der Waals surface area (Å²) in [6.45, 7) is 9.37. The van der Waals surface area contributed by atoms with E-state index in [9.17, 15) is 0 Å². The van der Waals surface area contributed by atoms with Crippen LogP contribution >= 0.6 is 15.9 Å². The summed E-state index contributed by atoms with van der Waals surface area (Å²) in [5.41, 5.74) is 5.02. The van der Waals surface area contributed by atoms with Crippen LogP contribution in [0.1, 0.15) is 5.56 Å². The second kappa shape index (κ2) is 5.86. The number of para-hydroxylation sites is 1. The fraction of sp³-hybridized carbons (Fsp3) is 0.182. The van der Waals surface area contributed by atoms with Gasteiger partial charge in [-0.1, -0.05) is 71.1 Å². The highest BCUT2D eigenvalue weighted by Crippen LogP contribution is 2.32. The Bertz CT molecular complexity index is 1100. The van der Waals surface area contributed by atoms with Crippen LogP contribution in [0.25, 0.3) is 27.5 Å². The largest absolute Gasteiger partial charge is 0.309 e. The van der Waals surface area contributed by atoms with Gasteiger partial charge in [0.1, 0.15) is 0 Å². The van der Waals surface area contributed by atoms with Gasteiger partial charge in [-0.25, -0.2) is 0 Å². The maximum atomic E-state index is 3.62. The molecule has 0 amide bonds. The third-order valence-electron chi connectivity index (χ3n) is 4.94. The Kier molecular flexibility index (Phi) is 3.89. The van der Waals surface area contributed by atoms with Crippen molar-refractivity contribution in [1.82, 2.24) is 4.57 Å². The van der Waals surface area contributed by atoms with Crippen molar-refractivity contribution >= 4 is 51.0 Å². The van der Waals surface area contributed by atoms with E-state index < -0.39 is 8.07 Å². The fourth-order valence-electron chi connectivity index (χ4n) is 3.49. The summed E-state index contributed by atoms with van der Waals surface area (Å²) in [5, 5.41) is 4.20. The first kappa shape index (κ1) is 16.6. The van der Waals surface area contributed by atoms with E-state index in [0.717, 1.165) is 4.47 Å². The van der Waals surface area contributed by atoms with Gasteiger partial charge >= 0.3 is 0 Å². The number of halogens is 1. The average molecular weight is 408 g/mol. The van der Waals surface area contributed by atoms with E-state index in [2.05, 4.69) is 108 Å². The highest BCUT2D eigenvalue weighted by molar-refractivity contribution is 9.10. The van der Waals surface area contributed by atoms with Crippen molar-refractivity contribution < 1.29 is 0 Å². The van der Waals surface area contributed by atoms with Gasteiger partial charge in [0.15, 0.2) is 0 Å². The molecule has 0 aliphatic carbocycles. The van der Waals surface area contributed by atoms with E-state index in [-0.39, 0.29) is 0 Å². The van der Waals surface area contributed by atoms with Crippen molar-refractivity contribution in [3.63, 3.8) is 0 Å². The SMILES string of the molecule is Cc1cc(-n2c3ccccc3c3cc([Si](C)(C)C)ccc32)ccc1Br. The summed E-state index contributed by atoms with van der Waals surface area (Å²) >= 11 is 3.62. The van der Waals surface area contributed by atoms with E-state index in [4.69, 9.17) is 0 Å². The maximum absolute atomic E-state index is 3.62. The summed E-state index contributed by atoms with van der Waals surface area (Å²) in [6, 6.07) is 22.4. The van der Waals surface area contributed by atoms with Gasteiger partial charge in [-0.15, -0.1) is 0 Å². The Morgan fingerprint density at radius 3 is 2.24 bits per heavy atom. The zero-order chi connectivity index (χ0) is 17.8. The van der Waals surface area contributed by atoms with Gasteiger partial charge in [0.05, 0.1) is 19.1 Å². The van der Waals surface area contributed by atoms with Crippen molar-refractivity contribution in [2.45, 2.75) is 26.6 Å². The fourth-order valence-corrected chi connectivity index (χ4v) is 4.89. The molecule has 0 spiro atoms. The number of fused-ring (bicyclic) bond motifs is 3. The van der Waals surface area contributed by atoms with E-state index in [1.54, 1.807) is 0 Å². The second-order valence-electron chi connectivity index (χ2n) is 7.77. The van der Waals surface area contributed by atoms with Crippen LogP contribution < -0.4 is 5.19 Å². The molecule has 0 saturated carbocycles. The Morgan fingerprint density at radius 1 is 0.800 bits per heavy atom. The Morgan fingerprint density at radius 2 is 1.52 bits per heavy atom. The normalized spacial score (nSPS) is 12.2. The standard InChI is InChI=1S/C22H22BrNSi/c1-15-13-16(9-11-20(15)23)24-21-8-6-5-7-18(21)19-14-17(25(2,3)4)10-12-22(19)24/h5-14H,1-4H3. The van der Waals surface area contributed by atoms with E-state index in [1.807, 2.05) is 0 Å². The predicted octanol–water partition coefficient (Wildman–Crippen LogP) is 6.40. The van der Waals surface area contributed by atoms with Crippen molar-refractivity contribution in [1.29, 1.82) is 0 Å². The topological polar surface area (TPSA) is 4.93 Å². The van der Waals surface area contributed by atoms with Crippen molar-refractivity contribution in [2.75, 3.05) is 0 Å². The van der Waals surface area contributed by atoms with Crippen LogP contribution in [0.15, 0.2) is 65.1 Å². The average Bonchev–Trinajstić information content (AvgIpc) is 2.90. The van der Waals surface area contributed by atoms with Crippen molar-refractivity contribution in [3.05, 3.63) is 70.7 Å². The molecule has 4 aromatic rings. The van der Waals surface area contributed by atoms with Gasteiger partial charge in [0, 0.05) is 20.9 Å². The zero-order valence-electron chi connectivity index (χ0n) is 15.1. The first-order valence-corrected chi connectivity index (χ1v) is 13.0. The molecule has 0 bridgehead atoms. The molecule has 0 saturated heterocycles. The lowest BCUT2D eigenvalue weighted by molar-refractivity contribution is 1.17. The van der Waals surface area contributed by atoms with Crippen LogP contribution in [-0.4, -0.2) is 12.6 Å². The highest BCUT2D eigenvalue weighted by Gasteiger charge is 2.19. The monoisotopic (exact) mass is 407 g/mol. The molecule has 3 heteroatoms. The van der Waals surface area contributed by atoms with Gasteiger partial charge < -0.3 is 4.57 Å². The second-order valence-corrected chi connectivity index (χ2v) is 13.7. The molecule has 25 heavy (non-hydrogen) atoms. The van der Waals surface area contributed by atoms with Crippen LogP contribution in [0.2, 0.25) is 19.6 Å². The first-order chi connectivity index (χ1) is 11.9. The summed E-state index contributed by atoms with van der Waals surface area (Å²) in [7, 11) is -1.34. The molecule has 0 unspecified atom stereocenters. The number of rotatable bonds is 2. The smallest absolute Gasteiger partial charge is 0.0776 e. The van der Waals surface area contributed by atoms with E-state index >= 15 is 0 Å². The molecule has 1 aromatic heterocycles. The minimum atomic E-state index is -1.34. The number of nitrogens with zero attached hydrogens (tertiary/aromatic N) is 1. The number of aryl methyl sites for hydroxylation is 1. The van der Waals surface area contributed by atoms with Crippen molar-refractivity contribution in [2.24, 2.45) is 0 Å². The van der Waals surface area contributed by atoms with Gasteiger partial charge in [-0.3, -0.25) is 0 Å². The molecule has 0 radical (unpaired) electrons. The molecular formula is C22H22BrNSi. The predicted molar refractivity (Wildman–Crippen MR) is 116 cm³/mol. The zero-order valence-corrected chi connectivity index (χ0v) is 17.7. The third kappa shape index (κ3) is 2.76. The molecule has 3 aromatic carbocycles. The quantitative estimate of drug-likeness (QED) is 0.338. The number of benzene rings is 3. The van der Waals surface area contributed by atoms with Crippen LogP contribution in [0.5, 0.6) is 0 Å². The first-order valence-electron chi connectivity index (χ1n) is 8.66. The van der Waals surface area contributed by atoms with Gasteiger partial charge in [0.2, 0.25) is 0 Å². The summed E-state index contributed by atoms with van der Waals surface area (Å²) in [6.07, 6.45) is 0. The molecule has 0 N–H and O–H groups in total. The highest BCUT2D eigenvalue weighted by atomic mass is 79.9. The Hall–Kier alpha value is -1.84. The van der Waals surface area contributed by atoms with Gasteiger partial charge in [-0.2, -0.15) is 0 Å². The molecule has 0 aliphatic rings. The van der Waals surface area contributed by atoms with Crippen LogP contribution in [0, 0.1) is 6.92 Å². The molecule has 0 atom stereocenters. The molecule has 0 fully saturated rings. The number of hydrogen-bond acceptors (Lipinski definition) is 0. The van der Waals surface area contributed by atoms with Gasteiger partial charge in [-0.05, 0) is 42.8 Å². The minimum Gasteiger partial charge on any atom is -0.309 e. The molecule has 0 aliphatic heterocycles. The lowest BCUT2D eigenvalue weighted by Crippen LogP contribution is -2.37. The number of hydrogen-bond donors (Lipinski definition) is 0. The van der Waals surface area contributed by atoms with Gasteiger partial charge in [0.25, 0.3) is 0 Å². The van der Waals surface area contributed by atoms with E-state index in [0.29, 0.717) is 0 Å². The third-order valence-corrected chi connectivity index (χ3v) is 7.87. The summed E-state index contributed by atoms with van der Waals surface area (Å²) in [4.78, 5) is 0. The van der Waals surface area contributed by atoms with Crippen molar-refractivity contribution in [3.8, 4) is 5.69 Å². The molecule has 126 valence electrons.